The summed E-state index contributed by atoms with van der Waals surface area (Å²) in [6.07, 6.45) is 0.887. The fourth-order valence-electron chi connectivity index (χ4n) is 2.68. The predicted octanol–water partition coefficient (Wildman–Crippen LogP) is 5.35. The number of aromatic hydroxyl groups is 1. The molecule has 1 N–H and O–H groups in total. The Balaban J connectivity index is 0.00000264. The van der Waals surface area contributed by atoms with Crippen molar-refractivity contribution in [1.82, 2.24) is 4.90 Å². The topological polar surface area (TPSA) is 23.5 Å². The molecule has 0 fully saturated rings. The van der Waals surface area contributed by atoms with Crippen molar-refractivity contribution >= 4 is 48.8 Å². The van der Waals surface area contributed by atoms with Gasteiger partial charge in [0.25, 0.3) is 0 Å². The second-order valence-corrected chi connectivity index (χ2v) is 6.80. The Morgan fingerprint density at radius 1 is 0.913 bits per heavy atom. The molecule has 0 aliphatic heterocycles. The number of benzene rings is 2. The van der Waals surface area contributed by atoms with Gasteiger partial charge in [-0.1, -0.05) is 74.3 Å². The Morgan fingerprint density at radius 2 is 1.57 bits per heavy atom. The first-order valence-corrected chi connectivity index (χ1v) is 9.67. The van der Waals surface area contributed by atoms with Crippen molar-refractivity contribution in [3.05, 3.63) is 65.7 Å². The summed E-state index contributed by atoms with van der Waals surface area (Å²) in [7, 11) is 0. The number of hydrogen-bond acceptors (Lipinski definition) is 2. The van der Waals surface area contributed by atoms with Gasteiger partial charge in [-0.25, -0.2) is 0 Å². The van der Waals surface area contributed by atoms with Gasteiger partial charge in [0.2, 0.25) is 0 Å². The van der Waals surface area contributed by atoms with E-state index < -0.39 is 0 Å². The van der Waals surface area contributed by atoms with E-state index in [0.29, 0.717) is 11.8 Å². The first-order chi connectivity index (χ1) is 10.7. The molecule has 2 rings (SSSR count). The molecule has 0 bridgehead atoms. The van der Waals surface area contributed by atoms with Crippen molar-refractivity contribution in [3.63, 3.8) is 0 Å². The van der Waals surface area contributed by atoms with Gasteiger partial charge in [0.1, 0.15) is 5.75 Å². The van der Waals surface area contributed by atoms with Gasteiger partial charge in [0, 0.05) is 29.8 Å². The third-order valence-electron chi connectivity index (χ3n) is 3.71. The highest BCUT2D eigenvalue weighted by Gasteiger charge is 2.20. The Labute approximate surface area is 165 Å². The summed E-state index contributed by atoms with van der Waals surface area (Å²) in [6.45, 7) is 1.98. The Bertz CT molecular complexity index is 559. The van der Waals surface area contributed by atoms with Crippen LogP contribution in [0.1, 0.15) is 17.2 Å². The van der Waals surface area contributed by atoms with Gasteiger partial charge in [0.05, 0.1) is 0 Å². The molecule has 0 saturated heterocycles. The minimum atomic E-state index is 0. The largest absolute Gasteiger partial charge is 0.508 e. The highest BCUT2D eigenvalue weighted by Crippen LogP contribution is 2.26. The quantitative estimate of drug-likeness (QED) is 0.487. The highest BCUT2D eigenvalue weighted by atomic mass is 79.9. The molecule has 0 aliphatic carbocycles. The predicted molar refractivity (Wildman–Crippen MR) is 110 cm³/mol. The molecule has 5 heteroatoms. The molecule has 23 heavy (non-hydrogen) atoms. The normalized spacial score (nSPS) is 12.0. The van der Waals surface area contributed by atoms with Gasteiger partial charge in [-0.05, 0) is 29.7 Å². The summed E-state index contributed by atoms with van der Waals surface area (Å²) in [5.41, 5.74) is 2.47. The number of alkyl halides is 2. The number of rotatable bonds is 8. The summed E-state index contributed by atoms with van der Waals surface area (Å²) in [5, 5.41) is 11.6. The number of nitrogens with zero attached hydrogens (tertiary/aromatic N) is 1. The molecule has 126 valence electrons. The van der Waals surface area contributed by atoms with E-state index in [1.165, 1.54) is 5.56 Å². The maximum Gasteiger partial charge on any atom is 0.115 e. The number of halogens is 3. The lowest BCUT2D eigenvalue weighted by molar-refractivity contribution is 0.222. The maximum absolute atomic E-state index is 9.71. The molecule has 0 saturated carbocycles. The van der Waals surface area contributed by atoms with E-state index in [-0.39, 0.29) is 17.0 Å². The van der Waals surface area contributed by atoms with Crippen molar-refractivity contribution in [1.29, 1.82) is 0 Å². The molecule has 1 unspecified atom stereocenters. The standard InChI is InChI=1S/C18H21Br2NO.BrH/c19-9-11-21(12-10-20)18(16-6-2-1-3-7-16)14-15-5-4-8-17(22)13-15;/h1-8,13,18,22H,9-12,14H2;1H. The molecule has 0 spiro atoms. The average molecular weight is 508 g/mol. The lowest BCUT2D eigenvalue weighted by Gasteiger charge is -2.31. The first-order valence-electron chi connectivity index (χ1n) is 7.43. The van der Waals surface area contributed by atoms with Crippen molar-refractivity contribution in [2.45, 2.75) is 12.5 Å². The van der Waals surface area contributed by atoms with Crippen LogP contribution < -0.4 is 0 Å². The van der Waals surface area contributed by atoms with Gasteiger partial charge in [-0.15, -0.1) is 17.0 Å². The molecular formula is C18H22Br3NO. The summed E-state index contributed by atoms with van der Waals surface area (Å²) >= 11 is 7.12. The van der Waals surface area contributed by atoms with E-state index >= 15 is 0 Å². The van der Waals surface area contributed by atoms with Crippen LogP contribution in [0.4, 0.5) is 0 Å². The van der Waals surface area contributed by atoms with Gasteiger partial charge < -0.3 is 5.11 Å². The van der Waals surface area contributed by atoms with Crippen LogP contribution in [0.15, 0.2) is 54.6 Å². The van der Waals surface area contributed by atoms with Crippen LogP contribution in [0.3, 0.4) is 0 Å². The van der Waals surface area contributed by atoms with E-state index in [1.54, 1.807) is 6.07 Å². The maximum atomic E-state index is 9.71. The van der Waals surface area contributed by atoms with Gasteiger partial charge in [-0.2, -0.15) is 0 Å². The van der Waals surface area contributed by atoms with Crippen LogP contribution in [0.5, 0.6) is 5.75 Å². The van der Waals surface area contributed by atoms with Crippen LogP contribution in [0.2, 0.25) is 0 Å². The van der Waals surface area contributed by atoms with Crippen molar-refractivity contribution in [2.24, 2.45) is 0 Å². The molecule has 0 aromatic heterocycles. The van der Waals surface area contributed by atoms with E-state index in [2.05, 4.69) is 67.1 Å². The smallest absolute Gasteiger partial charge is 0.115 e. The van der Waals surface area contributed by atoms with E-state index in [4.69, 9.17) is 0 Å². The first kappa shape index (κ1) is 20.7. The zero-order valence-corrected chi connectivity index (χ0v) is 17.8. The molecule has 0 radical (unpaired) electrons. The fourth-order valence-corrected chi connectivity index (χ4v) is 3.59. The van der Waals surface area contributed by atoms with Crippen molar-refractivity contribution in [2.75, 3.05) is 23.7 Å². The molecule has 0 heterocycles. The molecule has 2 nitrogen and oxygen atoms in total. The Kier molecular flexibility index (Phi) is 10.1. The van der Waals surface area contributed by atoms with Crippen LogP contribution in [0, 0.1) is 0 Å². The zero-order valence-electron chi connectivity index (χ0n) is 12.9. The van der Waals surface area contributed by atoms with E-state index in [1.807, 2.05) is 18.2 Å². The molecule has 2 aromatic rings. The minimum Gasteiger partial charge on any atom is -0.508 e. The van der Waals surface area contributed by atoms with Crippen LogP contribution in [-0.2, 0) is 6.42 Å². The Hall–Kier alpha value is -0.360. The van der Waals surface area contributed by atoms with Crippen LogP contribution >= 0.6 is 48.8 Å². The monoisotopic (exact) mass is 505 g/mol. The SMILES string of the molecule is Br.Oc1cccc(CC(c2ccccc2)N(CCBr)CCBr)c1. The number of hydrogen-bond donors (Lipinski definition) is 1. The molecular weight excluding hydrogens is 486 g/mol. The molecule has 1 atom stereocenters. The lowest BCUT2D eigenvalue weighted by atomic mass is 9.97. The number of phenolic OH excluding ortho intramolecular Hbond substituents is 1. The fraction of sp³-hybridized carbons (Fsp3) is 0.333. The average Bonchev–Trinajstić information content (AvgIpc) is 2.53. The van der Waals surface area contributed by atoms with Gasteiger partial charge in [-0.3, -0.25) is 4.90 Å². The molecule has 0 aliphatic rings. The zero-order chi connectivity index (χ0) is 15.8. The second-order valence-electron chi connectivity index (χ2n) is 5.21. The summed E-state index contributed by atoms with van der Waals surface area (Å²) < 4.78 is 0. The van der Waals surface area contributed by atoms with E-state index in [9.17, 15) is 5.11 Å². The van der Waals surface area contributed by atoms with Crippen molar-refractivity contribution in [3.8, 4) is 5.75 Å². The van der Waals surface area contributed by atoms with Crippen LogP contribution in [0.25, 0.3) is 0 Å². The molecule has 2 aromatic carbocycles. The van der Waals surface area contributed by atoms with Crippen LogP contribution in [-0.4, -0.2) is 33.8 Å². The summed E-state index contributed by atoms with van der Waals surface area (Å²) in [4.78, 5) is 2.48. The third kappa shape index (κ3) is 6.57. The van der Waals surface area contributed by atoms with Gasteiger partial charge >= 0.3 is 0 Å². The minimum absolute atomic E-state index is 0. The Morgan fingerprint density at radius 3 is 2.13 bits per heavy atom. The molecule has 0 amide bonds. The summed E-state index contributed by atoms with van der Waals surface area (Å²) in [6, 6.07) is 18.5. The van der Waals surface area contributed by atoms with Gasteiger partial charge in [0.15, 0.2) is 0 Å². The summed E-state index contributed by atoms with van der Waals surface area (Å²) in [5.74, 6) is 0.330. The number of phenols is 1. The van der Waals surface area contributed by atoms with Crippen molar-refractivity contribution < 1.29 is 5.11 Å². The van der Waals surface area contributed by atoms with E-state index in [0.717, 1.165) is 35.7 Å². The third-order valence-corrected chi connectivity index (χ3v) is 4.42. The highest BCUT2D eigenvalue weighted by molar-refractivity contribution is 9.09. The lowest BCUT2D eigenvalue weighted by Crippen LogP contribution is -2.33. The second kappa shape index (κ2) is 11.2.